The van der Waals surface area contributed by atoms with E-state index in [1.807, 2.05) is 0 Å². The topological polar surface area (TPSA) is 49.5 Å². The Labute approximate surface area is 89.9 Å². The van der Waals surface area contributed by atoms with Gasteiger partial charge in [0, 0.05) is 6.04 Å². The van der Waals surface area contributed by atoms with Gasteiger partial charge in [0.05, 0.1) is 12.6 Å². The highest BCUT2D eigenvalue weighted by Gasteiger charge is 2.31. The minimum atomic E-state index is -0.0438. The van der Waals surface area contributed by atoms with Gasteiger partial charge in [-0.3, -0.25) is 4.90 Å². The average molecular weight is 210 g/mol. The summed E-state index contributed by atoms with van der Waals surface area (Å²) in [6.45, 7) is 5.44. The first-order valence-corrected chi connectivity index (χ1v) is 5.53. The highest BCUT2D eigenvalue weighted by Crippen LogP contribution is 2.32. The van der Waals surface area contributed by atoms with Crippen LogP contribution in [0.2, 0.25) is 0 Å². The van der Waals surface area contributed by atoms with E-state index in [9.17, 15) is 0 Å². The summed E-state index contributed by atoms with van der Waals surface area (Å²) < 4.78 is 5.41. The third-order valence-corrected chi connectivity index (χ3v) is 2.97. The molecule has 0 radical (unpaired) electrons. The van der Waals surface area contributed by atoms with E-state index in [0.29, 0.717) is 17.8 Å². The molecule has 4 nitrogen and oxygen atoms in total. The van der Waals surface area contributed by atoms with E-state index >= 15 is 0 Å². The number of aliphatic hydroxyl groups is 1. The van der Waals surface area contributed by atoms with Gasteiger partial charge in [-0.05, 0) is 33.2 Å². The van der Waals surface area contributed by atoms with E-state index in [2.05, 4.69) is 23.7 Å². The molecule has 2 heterocycles. The van der Waals surface area contributed by atoms with Crippen LogP contribution in [0.3, 0.4) is 0 Å². The molecule has 0 amide bonds. The van der Waals surface area contributed by atoms with Gasteiger partial charge in [-0.25, -0.2) is 4.98 Å². The van der Waals surface area contributed by atoms with Crippen molar-refractivity contribution < 1.29 is 9.52 Å². The number of likely N-dealkylation sites (tertiary alicyclic amines) is 1. The van der Waals surface area contributed by atoms with Gasteiger partial charge in [-0.2, -0.15) is 0 Å². The van der Waals surface area contributed by atoms with Crippen molar-refractivity contribution in [2.75, 3.05) is 6.54 Å². The number of aliphatic hydroxyl groups excluding tert-OH is 1. The lowest BCUT2D eigenvalue weighted by molar-refractivity contribution is 0.179. The maximum atomic E-state index is 8.93. The van der Waals surface area contributed by atoms with Crippen LogP contribution in [0.15, 0.2) is 10.7 Å². The highest BCUT2D eigenvalue weighted by atomic mass is 16.3. The van der Waals surface area contributed by atoms with Crippen LogP contribution in [0.5, 0.6) is 0 Å². The zero-order valence-electron chi connectivity index (χ0n) is 9.31. The molecule has 0 aliphatic carbocycles. The summed E-state index contributed by atoms with van der Waals surface area (Å²) in [5.74, 6) is 0.755. The van der Waals surface area contributed by atoms with E-state index < -0.39 is 0 Å². The lowest BCUT2D eigenvalue weighted by Gasteiger charge is -2.25. The van der Waals surface area contributed by atoms with Crippen LogP contribution in [-0.2, 0) is 6.61 Å². The van der Waals surface area contributed by atoms with Gasteiger partial charge < -0.3 is 9.52 Å². The molecular formula is C11H18N2O2. The first-order valence-electron chi connectivity index (χ1n) is 5.53. The molecule has 1 atom stereocenters. The zero-order chi connectivity index (χ0) is 10.8. The quantitative estimate of drug-likeness (QED) is 0.825. The SMILES string of the molecule is CC(C)N1CCCC1c1nc(CO)co1. The molecule has 0 spiro atoms. The number of rotatable bonds is 3. The fraction of sp³-hybridized carbons (Fsp3) is 0.727. The Bertz CT molecular complexity index is 322. The van der Waals surface area contributed by atoms with Crippen LogP contribution < -0.4 is 0 Å². The predicted octanol–water partition coefficient (Wildman–Crippen LogP) is 1.71. The van der Waals surface area contributed by atoms with Crippen LogP contribution in [-0.4, -0.2) is 27.6 Å². The molecule has 1 N–H and O–H groups in total. The molecule has 4 heteroatoms. The van der Waals surface area contributed by atoms with Crippen molar-refractivity contribution in [2.24, 2.45) is 0 Å². The minimum Gasteiger partial charge on any atom is -0.447 e. The normalized spacial score (nSPS) is 22.8. The molecule has 1 aromatic rings. The third-order valence-electron chi connectivity index (χ3n) is 2.97. The molecule has 1 saturated heterocycles. The number of nitrogens with zero attached hydrogens (tertiary/aromatic N) is 2. The molecule has 1 fully saturated rings. The van der Waals surface area contributed by atoms with Crippen LogP contribution in [0.25, 0.3) is 0 Å². The summed E-state index contributed by atoms with van der Waals surface area (Å²) >= 11 is 0. The predicted molar refractivity (Wildman–Crippen MR) is 56.2 cm³/mol. The van der Waals surface area contributed by atoms with Crippen molar-refractivity contribution >= 4 is 0 Å². The molecule has 1 aliphatic heterocycles. The van der Waals surface area contributed by atoms with Crippen LogP contribution >= 0.6 is 0 Å². The van der Waals surface area contributed by atoms with E-state index in [-0.39, 0.29) is 6.61 Å². The maximum absolute atomic E-state index is 8.93. The molecule has 0 bridgehead atoms. The van der Waals surface area contributed by atoms with Gasteiger partial charge in [0.2, 0.25) is 5.89 Å². The van der Waals surface area contributed by atoms with Gasteiger partial charge in [0.25, 0.3) is 0 Å². The fourth-order valence-corrected chi connectivity index (χ4v) is 2.22. The van der Waals surface area contributed by atoms with Crippen LogP contribution in [0.4, 0.5) is 0 Å². The molecule has 2 rings (SSSR count). The summed E-state index contributed by atoms with van der Waals surface area (Å²) in [6.07, 6.45) is 3.84. The molecule has 15 heavy (non-hydrogen) atoms. The van der Waals surface area contributed by atoms with E-state index in [4.69, 9.17) is 9.52 Å². The van der Waals surface area contributed by atoms with Crippen molar-refractivity contribution in [1.29, 1.82) is 0 Å². The van der Waals surface area contributed by atoms with E-state index in [0.717, 1.165) is 18.9 Å². The van der Waals surface area contributed by atoms with Gasteiger partial charge in [-0.15, -0.1) is 0 Å². The molecule has 1 unspecified atom stereocenters. The number of hydrogen-bond donors (Lipinski definition) is 1. The third kappa shape index (κ3) is 2.06. The molecule has 84 valence electrons. The Kier molecular flexibility index (Phi) is 3.07. The Hall–Kier alpha value is -0.870. The standard InChI is InChI=1S/C11H18N2O2/c1-8(2)13-5-3-4-10(13)11-12-9(6-14)7-15-11/h7-8,10,14H,3-6H2,1-2H3. The molecule has 1 aliphatic rings. The Morgan fingerprint density at radius 2 is 2.47 bits per heavy atom. The highest BCUT2D eigenvalue weighted by molar-refractivity contribution is 5.01. The van der Waals surface area contributed by atoms with E-state index in [1.165, 1.54) is 6.42 Å². The molecule has 0 aromatic carbocycles. The summed E-state index contributed by atoms with van der Waals surface area (Å²) in [5, 5.41) is 8.93. The second kappa shape index (κ2) is 4.33. The fourth-order valence-electron chi connectivity index (χ4n) is 2.22. The summed E-state index contributed by atoms with van der Waals surface area (Å²) in [5.41, 5.74) is 0.626. The molecule has 1 aromatic heterocycles. The minimum absolute atomic E-state index is 0.0438. The van der Waals surface area contributed by atoms with Gasteiger partial charge in [0.1, 0.15) is 12.0 Å². The largest absolute Gasteiger partial charge is 0.447 e. The number of hydrogen-bond acceptors (Lipinski definition) is 4. The lowest BCUT2D eigenvalue weighted by atomic mass is 10.2. The molecular weight excluding hydrogens is 192 g/mol. The maximum Gasteiger partial charge on any atom is 0.211 e. The number of oxazole rings is 1. The van der Waals surface area contributed by atoms with Gasteiger partial charge in [0.15, 0.2) is 0 Å². The Morgan fingerprint density at radius 3 is 3.07 bits per heavy atom. The average Bonchev–Trinajstić information content (AvgIpc) is 2.85. The van der Waals surface area contributed by atoms with Crippen molar-refractivity contribution in [3.63, 3.8) is 0 Å². The van der Waals surface area contributed by atoms with Crippen molar-refractivity contribution in [3.05, 3.63) is 17.8 Å². The Morgan fingerprint density at radius 1 is 1.67 bits per heavy atom. The van der Waals surface area contributed by atoms with Crippen molar-refractivity contribution in [2.45, 2.75) is 45.4 Å². The Balaban J connectivity index is 2.15. The first kappa shape index (κ1) is 10.6. The van der Waals surface area contributed by atoms with Crippen LogP contribution in [0, 0.1) is 0 Å². The second-order valence-corrected chi connectivity index (χ2v) is 4.32. The van der Waals surface area contributed by atoms with Gasteiger partial charge >= 0.3 is 0 Å². The van der Waals surface area contributed by atoms with E-state index in [1.54, 1.807) is 6.26 Å². The number of aromatic nitrogens is 1. The lowest BCUT2D eigenvalue weighted by Crippen LogP contribution is -2.30. The van der Waals surface area contributed by atoms with Gasteiger partial charge in [-0.1, -0.05) is 0 Å². The second-order valence-electron chi connectivity index (χ2n) is 4.32. The monoisotopic (exact) mass is 210 g/mol. The zero-order valence-corrected chi connectivity index (χ0v) is 9.31. The smallest absolute Gasteiger partial charge is 0.211 e. The summed E-state index contributed by atoms with van der Waals surface area (Å²) in [6, 6.07) is 0.812. The summed E-state index contributed by atoms with van der Waals surface area (Å²) in [4.78, 5) is 6.68. The van der Waals surface area contributed by atoms with Crippen molar-refractivity contribution in [3.8, 4) is 0 Å². The van der Waals surface area contributed by atoms with Crippen LogP contribution in [0.1, 0.15) is 44.3 Å². The first-order chi connectivity index (χ1) is 7.22. The van der Waals surface area contributed by atoms with Crippen molar-refractivity contribution in [1.82, 2.24) is 9.88 Å². The molecule has 0 saturated carbocycles. The summed E-state index contributed by atoms with van der Waals surface area (Å²) in [7, 11) is 0.